The Morgan fingerprint density at radius 2 is 1.85 bits per heavy atom. The van der Waals surface area contributed by atoms with Crippen LogP contribution in [-0.2, 0) is 0 Å². The highest BCUT2D eigenvalue weighted by atomic mass is 35.5. The molecule has 1 aliphatic rings. The maximum absolute atomic E-state index is 13.9. The van der Waals surface area contributed by atoms with Gasteiger partial charge in [-0.3, -0.25) is 9.36 Å². The predicted octanol–water partition coefficient (Wildman–Crippen LogP) is 4.00. The van der Waals surface area contributed by atoms with E-state index in [1.807, 2.05) is 0 Å². The lowest BCUT2D eigenvalue weighted by Crippen LogP contribution is -2.40. The van der Waals surface area contributed by atoms with Crippen LogP contribution in [0.15, 0.2) is 45.6 Å². The fraction of sp³-hybridized carbons (Fsp3) is 0.263. The first-order chi connectivity index (χ1) is 12.9. The van der Waals surface area contributed by atoms with Gasteiger partial charge in [-0.2, -0.15) is 0 Å². The molecular weight excluding hydrogens is 378 g/mol. The number of aromatic nitrogens is 1. The van der Waals surface area contributed by atoms with Crippen molar-refractivity contribution in [3.8, 4) is 0 Å². The fourth-order valence-electron chi connectivity index (χ4n) is 3.51. The molecule has 2 heterocycles. The van der Waals surface area contributed by atoms with Gasteiger partial charge in [-0.05, 0) is 49.2 Å². The first-order valence-corrected chi connectivity index (χ1v) is 8.87. The summed E-state index contributed by atoms with van der Waals surface area (Å²) < 4.78 is 34.0. The van der Waals surface area contributed by atoms with E-state index in [0.29, 0.717) is 42.1 Å². The number of amides is 1. The van der Waals surface area contributed by atoms with Gasteiger partial charge < -0.3 is 9.32 Å². The normalized spacial score (nSPS) is 15.4. The van der Waals surface area contributed by atoms with Crippen LogP contribution in [0.3, 0.4) is 0 Å². The van der Waals surface area contributed by atoms with Crippen molar-refractivity contribution in [2.45, 2.75) is 18.9 Å². The molecule has 1 fully saturated rings. The van der Waals surface area contributed by atoms with E-state index in [1.54, 1.807) is 22.8 Å². The number of likely N-dealkylation sites (tertiary alicyclic amines) is 1. The molecule has 1 aromatic heterocycles. The van der Waals surface area contributed by atoms with Crippen LogP contribution in [-0.4, -0.2) is 28.5 Å². The van der Waals surface area contributed by atoms with Crippen molar-refractivity contribution >= 4 is 28.6 Å². The van der Waals surface area contributed by atoms with Crippen LogP contribution in [0, 0.1) is 11.6 Å². The second-order valence-electron chi connectivity index (χ2n) is 6.50. The lowest BCUT2D eigenvalue weighted by molar-refractivity contribution is 0.0688. The molecule has 0 N–H and O–H groups in total. The van der Waals surface area contributed by atoms with Crippen LogP contribution < -0.4 is 5.76 Å². The van der Waals surface area contributed by atoms with E-state index in [0.717, 1.165) is 18.2 Å². The van der Waals surface area contributed by atoms with Gasteiger partial charge in [0.25, 0.3) is 5.91 Å². The monoisotopic (exact) mass is 392 g/mol. The number of oxazole rings is 1. The Balaban J connectivity index is 1.55. The van der Waals surface area contributed by atoms with E-state index < -0.39 is 23.3 Å². The summed E-state index contributed by atoms with van der Waals surface area (Å²) in [6.45, 7) is 0.637. The number of benzene rings is 2. The summed E-state index contributed by atoms with van der Waals surface area (Å²) in [6, 6.07) is 7.60. The Morgan fingerprint density at radius 1 is 1.11 bits per heavy atom. The summed E-state index contributed by atoms with van der Waals surface area (Å²) in [5, 5.41) is 0.492. The Hall–Kier alpha value is -2.67. The summed E-state index contributed by atoms with van der Waals surface area (Å²) in [7, 11) is 0. The van der Waals surface area contributed by atoms with E-state index in [2.05, 4.69) is 0 Å². The molecule has 140 valence electrons. The maximum atomic E-state index is 13.9. The molecule has 0 saturated carbocycles. The minimum absolute atomic E-state index is 0.168. The second-order valence-corrected chi connectivity index (χ2v) is 6.93. The highest BCUT2D eigenvalue weighted by Gasteiger charge is 2.28. The van der Waals surface area contributed by atoms with Crippen molar-refractivity contribution in [3.05, 3.63) is 69.2 Å². The average Bonchev–Trinajstić information content (AvgIpc) is 2.98. The third-order valence-corrected chi connectivity index (χ3v) is 5.09. The molecule has 1 amide bonds. The molecule has 2 aromatic carbocycles. The number of halogens is 3. The van der Waals surface area contributed by atoms with Crippen molar-refractivity contribution in [2.75, 3.05) is 13.1 Å². The molecule has 1 saturated heterocycles. The molecule has 0 spiro atoms. The quantitative estimate of drug-likeness (QED) is 0.662. The fourth-order valence-corrected chi connectivity index (χ4v) is 3.68. The SMILES string of the molecule is O=C(c1cc(F)ccc1F)N1CCC(n2c(=O)oc3ccc(Cl)cc32)CC1. The van der Waals surface area contributed by atoms with Crippen molar-refractivity contribution < 1.29 is 18.0 Å². The van der Waals surface area contributed by atoms with Gasteiger partial charge in [-0.1, -0.05) is 11.6 Å². The molecule has 1 aliphatic heterocycles. The summed E-state index contributed by atoms with van der Waals surface area (Å²) >= 11 is 6.02. The molecule has 0 atom stereocenters. The van der Waals surface area contributed by atoms with Crippen LogP contribution in [0.2, 0.25) is 5.02 Å². The number of nitrogens with zero attached hydrogens (tertiary/aromatic N) is 2. The highest BCUT2D eigenvalue weighted by Crippen LogP contribution is 2.28. The van der Waals surface area contributed by atoms with Crippen LogP contribution in [0.4, 0.5) is 8.78 Å². The molecule has 3 aromatic rings. The Bertz CT molecular complexity index is 1080. The average molecular weight is 393 g/mol. The number of hydrogen-bond donors (Lipinski definition) is 0. The zero-order valence-corrected chi connectivity index (χ0v) is 14.9. The molecule has 27 heavy (non-hydrogen) atoms. The Kier molecular flexibility index (Phi) is 4.47. The number of fused-ring (bicyclic) bond motifs is 1. The van der Waals surface area contributed by atoms with E-state index in [9.17, 15) is 18.4 Å². The maximum Gasteiger partial charge on any atom is 0.420 e. The van der Waals surface area contributed by atoms with E-state index in [4.69, 9.17) is 16.0 Å². The van der Waals surface area contributed by atoms with E-state index in [-0.39, 0.29) is 11.6 Å². The van der Waals surface area contributed by atoms with Gasteiger partial charge >= 0.3 is 5.76 Å². The molecule has 8 heteroatoms. The van der Waals surface area contributed by atoms with Crippen molar-refractivity contribution in [1.29, 1.82) is 0 Å². The van der Waals surface area contributed by atoms with Crippen molar-refractivity contribution in [3.63, 3.8) is 0 Å². The third-order valence-electron chi connectivity index (χ3n) is 4.85. The van der Waals surface area contributed by atoms with Gasteiger partial charge in [-0.15, -0.1) is 0 Å². The summed E-state index contributed by atoms with van der Waals surface area (Å²) in [4.78, 5) is 26.2. The lowest BCUT2D eigenvalue weighted by atomic mass is 10.0. The molecule has 4 rings (SSSR count). The summed E-state index contributed by atoms with van der Waals surface area (Å²) in [6.07, 6.45) is 0.980. The minimum atomic E-state index is -0.754. The van der Waals surface area contributed by atoms with Gasteiger partial charge in [0.05, 0.1) is 11.1 Å². The lowest BCUT2D eigenvalue weighted by Gasteiger charge is -2.32. The first-order valence-electron chi connectivity index (χ1n) is 8.49. The summed E-state index contributed by atoms with van der Waals surface area (Å²) in [5.41, 5.74) is 0.768. The number of rotatable bonds is 2. The first kappa shape index (κ1) is 17.7. The summed E-state index contributed by atoms with van der Waals surface area (Å²) in [5.74, 6) is -2.45. The molecule has 0 aliphatic carbocycles. The van der Waals surface area contributed by atoms with E-state index in [1.165, 1.54) is 4.90 Å². The van der Waals surface area contributed by atoms with Crippen LogP contribution in [0.25, 0.3) is 11.1 Å². The van der Waals surface area contributed by atoms with Gasteiger partial charge in [0.1, 0.15) is 11.6 Å². The van der Waals surface area contributed by atoms with Gasteiger partial charge in [-0.25, -0.2) is 13.6 Å². The predicted molar refractivity (Wildman–Crippen MR) is 96.0 cm³/mol. The Labute approximate surface area is 157 Å². The highest BCUT2D eigenvalue weighted by molar-refractivity contribution is 6.31. The van der Waals surface area contributed by atoms with Crippen LogP contribution in [0.1, 0.15) is 29.2 Å². The van der Waals surface area contributed by atoms with Gasteiger partial charge in [0.2, 0.25) is 0 Å². The Morgan fingerprint density at radius 3 is 2.59 bits per heavy atom. The standard InChI is InChI=1S/C19H15ClF2N2O3/c20-11-1-4-17-16(9-11)24(19(26)27-17)13-5-7-23(8-6-13)18(25)14-10-12(21)2-3-15(14)22/h1-4,9-10,13H,5-8H2. The smallest absolute Gasteiger partial charge is 0.408 e. The second kappa shape index (κ2) is 6.81. The number of carbonyl (C=O) groups is 1. The molecule has 0 radical (unpaired) electrons. The number of hydrogen-bond acceptors (Lipinski definition) is 3. The van der Waals surface area contributed by atoms with Gasteiger partial charge in [0.15, 0.2) is 5.58 Å². The largest absolute Gasteiger partial charge is 0.420 e. The van der Waals surface area contributed by atoms with Crippen molar-refractivity contribution in [2.24, 2.45) is 0 Å². The molecular formula is C19H15ClF2N2O3. The molecule has 0 bridgehead atoms. The van der Waals surface area contributed by atoms with Crippen molar-refractivity contribution in [1.82, 2.24) is 9.47 Å². The molecule has 0 unspecified atom stereocenters. The number of piperidine rings is 1. The van der Waals surface area contributed by atoms with E-state index >= 15 is 0 Å². The zero-order valence-electron chi connectivity index (χ0n) is 14.1. The van der Waals surface area contributed by atoms with Crippen LogP contribution in [0.5, 0.6) is 0 Å². The minimum Gasteiger partial charge on any atom is -0.408 e. The topological polar surface area (TPSA) is 55.5 Å². The number of carbonyl (C=O) groups excluding carboxylic acids is 1. The zero-order chi connectivity index (χ0) is 19.1. The third kappa shape index (κ3) is 3.23. The van der Waals surface area contributed by atoms with Gasteiger partial charge in [0, 0.05) is 24.2 Å². The van der Waals surface area contributed by atoms with Crippen LogP contribution >= 0.6 is 11.6 Å². The molecule has 5 nitrogen and oxygen atoms in total.